The van der Waals surface area contributed by atoms with E-state index in [2.05, 4.69) is 9.97 Å². The molecule has 17 heavy (non-hydrogen) atoms. The molecule has 1 aromatic heterocycles. The minimum absolute atomic E-state index is 0.258. The molecular formula is C12H13F3N2. The average Bonchev–Trinajstić information content (AvgIpc) is 2.94. The first kappa shape index (κ1) is 10.9. The van der Waals surface area contributed by atoms with Crippen LogP contribution in [-0.2, 0) is 0 Å². The Balaban J connectivity index is 2.02. The molecular weight excluding hydrogens is 229 g/mol. The molecule has 2 nitrogen and oxygen atoms in total. The summed E-state index contributed by atoms with van der Waals surface area (Å²) in [5.41, 5.74) is -1.47. The van der Waals surface area contributed by atoms with Crippen molar-refractivity contribution in [3.63, 3.8) is 0 Å². The minimum Gasteiger partial charge on any atom is -0.342 e. The zero-order valence-corrected chi connectivity index (χ0v) is 9.43. The molecule has 0 radical (unpaired) electrons. The third kappa shape index (κ3) is 1.51. The number of aromatic nitrogens is 2. The summed E-state index contributed by atoms with van der Waals surface area (Å²) in [6, 6.07) is 0. The van der Waals surface area contributed by atoms with E-state index in [-0.39, 0.29) is 12.8 Å². The lowest BCUT2D eigenvalue weighted by atomic mass is 9.83. The van der Waals surface area contributed by atoms with E-state index in [1.165, 1.54) is 0 Å². The zero-order valence-electron chi connectivity index (χ0n) is 9.43. The number of nitrogens with one attached hydrogen (secondary N) is 1. The Labute approximate surface area is 96.3 Å². The van der Waals surface area contributed by atoms with Crippen LogP contribution in [0.15, 0.2) is 0 Å². The van der Waals surface area contributed by atoms with Crippen molar-refractivity contribution in [2.75, 3.05) is 0 Å². The quantitative estimate of drug-likeness (QED) is 0.797. The molecule has 92 valence electrons. The van der Waals surface area contributed by atoms with Crippen molar-refractivity contribution >= 4 is 12.2 Å². The van der Waals surface area contributed by atoms with Gasteiger partial charge in [-0.25, -0.2) is 4.98 Å². The smallest absolute Gasteiger partial charge is 0.342 e. The SMILES string of the molecule is Cc1nc2c([nH]1)=CC(C1(C(F)(F)F)CC1)CC=2. The Hall–Kier alpha value is -1.26. The Morgan fingerprint density at radius 3 is 2.71 bits per heavy atom. The molecule has 0 bridgehead atoms. The highest BCUT2D eigenvalue weighted by Crippen LogP contribution is 2.63. The van der Waals surface area contributed by atoms with Gasteiger partial charge in [0.15, 0.2) is 0 Å². The number of fused-ring (bicyclic) bond motifs is 1. The molecule has 2 aliphatic rings. The number of alkyl halides is 3. The second-order valence-electron chi connectivity index (χ2n) is 4.99. The summed E-state index contributed by atoms with van der Waals surface area (Å²) in [4.78, 5) is 7.24. The first-order valence-electron chi connectivity index (χ1n) is 5.74. The van der Waals surface area contributed by atoms with E-state index in [1.54, 1.807) is 6.08 Å². The van der Waals surface area contributed by atoms with Crippen LogP contribution in [0.25, 0.3) is 12.2 Å². The highest BCUT2D eigenvalue weighted by Gasteiger charge is 2.66. The predicted molar refractivity (Wildman–Crippen MR) is 57.3 cm³/mol. The fourth-order valence-electron chi connectivity index (χ4n) is 2.70. The van der Waals surface area contributed by atoms with Gasteiger partial charge in [0.1, 0.15) is 5.82 Å². The first-order chi connectivity index (χ1) is 7.92. The zero-order chi connectivity index (χ0) is 12.3. The van der Waals surface area contributed by atoms with Crippen LogP contribution in [0.5, 0.6) is 0 Å². The number of aromatic amines is 1. The Kier molecular flexibility index (Phi) is 2.01. The lowest BCUT2D eigenvalue weighted by molar-refractivity contribution is -0.196. The third-order valence-electron chi connectivity index (χ3n) is 3.88. The van der Waals surface area contributed by atoms with Crippen molar-refractivity contribution in [3.8, 4) is 0 Å². The molecule has 3 rings (SSSR count). The molecule has 1 N–H and O–H groups in total. The summed E-state index contributed by atoms with van der Waals surface area (Å²) in [6.07, 6.45) is 0.401. The average molecular weight is 242 g/mol. The van der Waals surface area contributed by atoms with Crippen LogP contribution in [0.3, 0.4) is 0 Å². The van der Waals surface area contributed by atoms with Gasteiger partial charge in [-0.2, -0.15) is 13.2 Å². The van der Waals surface area contributed by atoms with E-state index in [0.29, 0.717) is 6.42 Å². The van der Waals surface area contributed by atoms with E-state index < -0.39 is 17.5 Å². The Bertz CT molecular complexity index is 564. The Morgan fingerprint density at radius 2 is 2.12 bits per heavy atom. The van der Waals surface area contributed by atoms with Crippen LogP contribution >= 0.6 is 0 Å². The number of halogens is 3. The second kappa shape index (κ2) is 3.15. The van der Waals surface area contributed by atoms with Gasteiger partial charge in [-0.15, -0.1) is 0 Å². The van der Waals surface area contributed by atoms with Crippen molar-refractivity contribution in [2.24, 2.45) is 11.3 Å². The molecule has 1 unspecified atom stereocenters. The fourth-order valence-corrected chi connectivity index (χ4v) is 2.70. The highest BCUT2D eigenvalue weighted by molar-refractivity contribution is 5.40. The molecule has 0 aromatic carbocycles. The maximum Gasteiger partial charge on any atom is 0.395 e. The molecule has 1 fully saturated rings. The van der Waals surface area contributed by atoms with Crippen molar-refractivity contribution < 1.29 is 13.2 Å². The normalized spacial score (nSPS) is 25.8. The summed E-state index contributed by atoms with van der Waals surface area (Å²) in [7, 11) is 0. The lowest BCUT2D eigenvalue weighted by Gasteiger charge is -2.26. The number of hydrogen-bond donors (Lipinski definition) is 1. The molecule has 2 aliphatic carbocycles. The number of aryl methyl sites for hydroxylation is 1. The van der Waals surface area contributed by atoms with Gasteiger partial charge in [-0.05, 0) is 32.1 Å². The topological polar surface area (TPSA) is 28.7 Å². The van der Waals surface area contributed by atoms with E-state index in [0.717, 1.165) is 16.5 Å². The number of hydrogen-bond acceptors (Lipinski definition) is 1. The number of H-pyrrole nitrogens is 1. The first-order valence-corrected chi connectivity index (χ1v) is 5.74. The van der Waals surface area contributed by atoms with Crippen molar-refractivity contribution in [1.29, 1.82) is 0 Å². The van der Waals surface area contributed by atoms with Gasteiger partial charge in [-0.1, -0.05) is 12.2 Å². The summed E-state index contributed by atoms with van der Waals surface area (Å²) in [6.45, 7) is 1.81. The molecule has 0 saturated heterocycles. The molecule has 1 atom stereocenters. The molecule has 1 heterocycles. The highest BCUT2D eigenvalue weighted by atomic mass is 19.4. The molecule has 1 aromatic rings. The predicted octanol–water partition coefficient (Wildman–Crippen LogP) is 1.64. The van der Waals surface area contributed by atoms with Crippen LogP contribution in [0.4, 0.5) is 13.2 Å². The van der Waals surface area contributed by atoms with Gasteiger partial charge in [0.2, 0.25) is 0 Å². The third-order valence-corrected chi connectivity index (χ3v) is 3.88. The van der Waals surface area contributed by atoms with Crippen molar-refractivity contribution in [1.82, 2.24) is 9.97 Å². The summed E-state index contributed by atoms with van der Waals surface area (Å²) in [5.74, 6) is 0.315. The van der Waals surface area contributed by atoms with Gasteiger partial charge < -0.3 is 4.98 Å². The summed E-state index contributed by atoms with van der Waals surface area (Å²) in [5, 5.41) is 1.53. The second-order valence-corrected chi connectivity index (χ2v) is 4.99. The molecule has 1 saturated carbocycles. The van der Waals surface area contributed by atoms with Gasteiger partial charge in [-0.3, -0.25) is 0 Å². The van der Waals surface area contributed by atoms with E-state index in [4.69, 9.17) is 0 Å². The summed E-state index contributed by atoms with van der Waals surface area (Å²) < 4.78 is 39.0. The largest absolute Gasteiger partial charge is 0.395 e. The Morgan fingerprint density at radius 1 is 1.41 bits per heavy atom. The molecule has 0 amide bonds. The monoisotopic (exact) mass is 242 g/mol. The van der Waals surface area contributed by atoms with Crippen LogP contribution in [0, 0.1) is 18.3 Å². The van der Waals surface area contributed by atoms with Gasteiger partial charge >= 0.3 is 6.18 Å². The van der Waals surface area contributed by atoms with Crippen LogP contribution in [-0.4, -0.2) is 16.1 Å². The number of nitrogens with zero attached hydrogens (tertiary/aromatic N) is 1. The fraction of sp³-hybridized carbons (Fsp3) is 0.583. The maximum atomic E-state index is 13.0. The van der Waals surface area contributed by atoms with Crippen LogP contribution < -0.4 is 10.7 Å². The van der Waals surface area contributed by atoms with Crippen LogP contribution in [0.1, 0.15) is 25.1 Å². The van der Waals surface area contributed by atoms with Gasteiger partial charge in [0, 0.05) is 0 Å². The van der Waals surface area contributed by atoms with Crippen molar-refractivity contribution in [3.05, 3.63) is 16.5 Å². The standard InChI is InChI=1S/C12H13F3N2/c1-7-16-9-3-2-8(6-10(9)17-7)11(4-5-11)12(13,14)15/h3,6,8H,2,4-5H2,1H3,(H,16,17). The summed E-state index contributed by atoms with van der Waals surface area (Å²) >= 11 is 0. The lowest BCUT2D eigenvalue weighted by Crippen LogP contribution is -2.37. The van der Waals surface area contributed by atoms with E-state index in [9.17, 15) is 13.2 Å². The van der Waals surface area contributed by atoms with Gasteiger partial charge in [0.25, 0.3) is 0 Å². The van der Waals surface area contributed by atoms with E-state index >= 15 is 0 Å². The molecule has 5 heteroatoms. The minimum atomic E-state index is -4.09. The number of rotatable bonds is 1. The molecule has 0 aliphatic heterocycles. The van der Waals surface area contributed by atoms with Crippen molar-refractivity contribution in [2.45, 2.75) is 32.4 Å². The van der Waals surface area contributed by atoms with Crippen LogP contribution in [0.2, 0.25) is 0 Å². The van der Waals surface area contributed by atoms with Gasteiger partial charge in [0.05, 0.1) is 16.1 Å². The molecule has 0 spiro atoms. The van der Waals surface area contributed by atoms with E-state index in [1.807, 2.05) is 13.0 Å². The maximum absolute atomic E-state index is 13.0. The number of imidazole rings is 1.